The minimum atomic E-state index is -4.53. The minimum Gasteiger partial charge on any atom is -0.299 e. The number of rotatable bonds is 6. The van der Waals surface area contributed by atoms with Crippen molar-refractivity contribution in [2.24, 2.45) is 0 Å². The number of carbonyl (C=O) groups is 1. The zero-order valence-electron chi connectivity index (χ0n) is 15.4. The average Bonchev–Trinajstić information content (AvgIpc) is 3.16. The molecular weight excluding hydrogens is 369 g/mol. The maximum atomic E-state index is 12.5. The summed E-state index contributed by atoms with van der Waals surface area (Å²) in [6.07, 6.45) is 2.88. The Morgan fingerprint density at radius 3 is 2.39 bits per heavy atom. The number of hydrogen-bond acceptors (Lipinski definition) is 3. The predicted octanol–water partition coefficient (Wildman–Crippen LogP) is 4.24. The second kappa shape index (κ2) is 8.50. The van der Waals surface area contributed by atoms with Crippen LogP contribution in [-0.4, -0.2) is 15.7 Å². The van der Waals surface area contributed by atoms with Crippen LogP contribution < -0.4 is 10.9 Å². The van der Waals surface area contributed by atoms with Gasteiger partial charge in [0, 0.05) is 6.20 Å². The van der Waals surface area contributed by atoms with Gasteiger partial charge in [0.05, 0.1) is 5.70 Å². The zero-order valence-corrected chi connectivity index (χ0v) is 15.4. The molecule has 28 heavy (non-hydrogen) atoms. The minimum absolute atomic E-state index is 0.336. The maximum Gasteiger partial charge on any atom is 0.435 e. The number of nitrogens with zero attached hydrogens (tertiary/aromatic N) is 2. The number of nitrogens with one attached hydrogen (secondary N) is 2. The van der Waals surface area contributed by atoms with Crippen LogP contribution in [0.2, 0.25) is 0 Å². The summed E-state index contributed by atoms with van der Waals surface area (Å²) in [6, 6.07) is 8.90. The van der Waals surface area contributed by atoms with Crippen molar-refractivity contribution in [2.75, 3.05) is 0 Å². The summed E-state index contributed by atoms with van der Waals surface area (Å²) in [7, 11) is 0. The molecule has 1 saturated carbocycles. The third kappa shape index (κ3) is 5.15. The number of carbonyl (C=O) groups excluding carboxylic acids is 1. The highest BCUT2D eigenvalue weighted by atomic mass is 19.4. The highest BCUT2D eigenvalue weighted by molar-refractivity contribution is 5.76. The van der Waals surface area contributed by atoms with Gasteiger partial charge in [-0.3, -0.25) is 20.3 Å². The first-order valence-electron chi connectivity index (χ1n) is 9.27. The van der Waals surface area contributed by atoms with Gasteiger partial charge >= 0.3 is 6.18 Å². The van der Waals surface area contributed by atoms with Crippen LogP contribution in [0, 0.1) is 0 Å². The molecule has 1 aromatic heterocycles. The summed E-state index contributed by atoms with van der Waals surface area (Å²) in [5.41, 5.74) is 6.74. The standard InChI is InChI=1S/C20H23F3N4O/c1-14(15-7-9-17(10-8-15)16-5-3-2-4-6-16)24-25-19(28)13-27-12-11-18(26-27)20(21,22)23/h7-12,16,24H,1-6,13H2,(H,25,28). The number of benzene rings is 1. The number of halogens is 3. The van der Waals surface area contributed by atoms with Crippen molar-refractivity contribution in [3.05, 3.63) is 59.9 Å². The third-order valence-electron chi connectivity index (χ3n) is 4.93. The van der Waals surface area contributed by atoms with Crippen LogP contribution in [0.25, 0.3) is 5.70 Å². The van der Waals surface area contributed by atoms with E-state index in [1.165, 1.54) is 37.7 Å². The Morgan fingerprint density at radius 1 is 1.11 bits per heavy atom. The summed E-state index contributed by atoms with van der Waals surface area (Å²) in [5, 5.41) is 3.34. The molecule has 0 aliphatic heterocycles. The van der Waals surface area contributed by atoms with Gasteiger partial charge in [-0.25, -0.2) is 0 Å². The van der Waals surface area contributed by atoms with Crippen LogP contribution in [0.4, 0.5) is 13.2 Å². The Kier molecular flexibility index (Phi) is 6.06. The van der Waals surface area contributed by atoms with Crippen molar-refractivity contribution >= 4 is 11.6 Å². The van der Waals surface area contributed by atoms with Crippen molar-refractivity contribution in [2.45, 2.75) is 50.7 Å². The Bertz CT molecular complexity index is 821. The Morgan fingerprint density at radius 2 is 1.79 bits per heavy atom. The number of hydrazine groups is 1. The fourth-order valence-electron chi connectivity index (χ4n) is 3.40. The molecule has 0 radical (unpaired) electrons. The monoisotopic (exact) mass is 392 g/mol. The lowest BCUT2D eigenvalue weighted by Gasteiger charge is -2.22. The van der Waals surface area contributed by atoms with Gasteiger partial charge < -0.3 is 0 Å². The highest BCUT2D eigenvalue weighted by Gasteiger charge is 2.33. The van der Waals surface area contributed by atoms with Crippen molar-refractivity contribution in [3.63, 3.8) is 0 Å². The van der Waals surface area contributed by atoms with E-state index >= 15 is 0 Å². The Balaban J connectivity index is 1.49. The summed E-state index contributed by atoms with van der Waals surface area (Å²) < 4.78 is 38.5. The molecule has 150 valence electrons. The molecule has 8 heteroatoms. The first-order chi connectivity index (χ1) is 13.3. The smallest absolute Gasteiger partial charge is 0.299 e. The molecule has 1 fully saturated rings. The fourth-order valence-corrected chi connectivity index (χ4v) is 3.40. The van der Waals surface area contributed by atoms with Gasteiger partial charge in [-0.1, -0.05) is 50.1 Å². The zero-order chi connectivity index (χ0) is 20.1. The van der Waals surface area contributed by atoms with Crippen LogP contribution in [0.1, 0.15) is 54.8 Å². The lowest BCUT2D eigenvalue weighted by atomic mass is 9.84. The highest BCUT2D eigenvalue weighted by Crippen LogP contribution is 2.32. The van der Waals surface area contributed by atoms with E-state index in [-0.39, 0.29) is 6.54 Å². The first-order valence-corrected chi connectivity index (χ1v) is 9.27. The fraction of sp³-hybridized carbons (Fsp3) is 0.400. The van der Waals surface area contributed by atoms with Crippen LogP contribution in [0.5, 0.6) is 0 Å². The largest absolute Gasteiger partial charge is 0.435 e. The lowest BCUT2D eigenvalue weighted by molar-refractivity contribution is -0.141. The second-order valence-electron chi connectivity index (χ2n) is 7.00. The molecule has 1 aliphatic rings. The molecule has 1 aliphatic carbocycles. The van der Waals surface area contributed by atoms with Crippen LogP contribution >= 0.6 is 0 Å². The van der Waals surface area contributed by atoms with Gasteiger partial charge in [0.25, 0.3) is 5.91 Å². The second-order valence-corrected chi connectivity index (χ2v) is 7.00. The molecule has 1 heterocycles. The number of aromatic nitrogens is 2. The van der Waals surface area contributed by atoms with E-state index < -0.39 is 17.8 Å². The van der Waals surface area contributed by atoms with Gasteiger partial charge in [-0.2, -0.15) is 18.3 Å². The number of amides is 1. The van der Waals surface area contributed by atoms with Crippen LogP contribution in [-0.2, 0) is 17.5 Å². The van der Waals surface area contributed by atoms with E-state index in [1.807, 2.05) is 12.1 Å². The van der Waals surface area contributed by atoms with E-state index in [0.29, 0.717) is 11.6 Å². The van der Waals surface area contributed by atoms with E-state index in [1.54, 1.807) is 0 Å². The van der Waals surface area contributed by atoms with Crippen molar-refractivity contribution in [3.8, 4) is 0 Å². The average molecular weight is 392 g/mol. The normalized spacial score (nSPS) is 15.2. The molecule has 1 amide bonds. The molecule has 0 unspecified atom stereocenters. The van der Waals surface area contributed by atoms with E-state index in [4.69, 9.17) is 0 Å². The molecule has 5 nitrogen and oxygen atoms in total. The molecule has 0 bridgehead atoms. The van der Waals surface area contributed by atoms with Gasteiger partial charge in [0.15, 0.2) is 5.69 Å². The molecule has 3 rings (SSSR count). The molecule has 0 spiro atoms. The van der Waals surface area contributed by atoms with Gasteiger partial charge in [0.1, 0.15) is 6.54 Å². The molecule has 2 aromatic rings. The quantitative estimate of drug-likeness (QED) is 0.723. The van der Waals surface area contributed by atoms with Crippen molar-refractivity contribution in [1.29, 1.82) is 0 Å². The van der Waals surface area contributed by atoms with E-state index in [2.05, 4.69) is 34.7 Å². The Hall–Kier alpha value is -2.77. The number of alkyl halides is 3. The SMILES string of the molecule is C=C(NNC(=O)Cn1ccc(C(F)(F)F)n1)c1ccc(C2CCCCC2)cc1. The van der Waals surface area contributed by atoms with E-state index in [9.17, 15) is 18.0 Å². The summed E-state index contributed by atoms with van der Waals surface area (Å²) >= 11 is 0. The third-order valence-corrected chi connectivity index (χ3v) is 4.93. The molecule has 0 saturated heterocycles. The van der Waals surface area contributed by atoms with Gasteiger partial charge in [-0.05, 0) is 36.0 Å². The maximum absolute atomic E-state index is 12.5. The van der Waals surface area contributed by atoms with Gasteiger partial charge in [0.2, 0.25) is 0 Å². The van der Waals surface area contributed by atoms with Gasteiger partial charge in [-0.15, -0.1) is 0 Å². The van der Waals surface area contributed by atoms with Crippen LogP contribution in [0.3, 0.4) is 0 Å². The molecule has 0 atom stereocenters. The molecule has 2 N–H and O–H groups in total. The Labute approximate surface area is 161 Å². The first kappa shape index (κ1) is 20.0. The van der Waals surface area contributed by atoms with Crippen molar-refractivity contribution < 1.29 is 18.0 Å². The molecule has 1 aromatic carbocycles. The summed E-state index contributed by atoms with van der Waals surface area (Å²) in [6.45, 7) is 3.55. The van der Waals surface area contributed by atoms with Crippen LogP contribution in [0.15, 0.2) is 43.1 Å². The van der Waals surface area contributed by atoms with E-state index in [0.717, 1.165) is 22.5 Å². The topological polar surface area (TPSA) is 58.9 Å². The summed E-state index contributed by atoms with van der Waals surface area (Å²) in [5.74, 6) is 0.0798. The molecular formula is C20H23F3N4O. The number of hydrogen-bond donors (Lipinski definition) is 2. The van der Waals surface area contributed by atoms with Crippen molar-refractivity contribution in [1.82, 2.24) is 20.6 Å². The lowest BCUT2D eigenvalue weighted by Crippen LogP contribution is -2.38. The summed E-state index contributed by atoms with van der Waals surface area (Å²) in [4.78, 5) is 11.9. The predicted molar refractivity (Wildman–Crippen MR) is 99.8 cm³/mol.